The number of hydrogen-bond donors (Lipinski definition) is 1. The lowest BCUT2D eigenvalue weighted by atomic mass is 10.1. The topological polar surface area (TPSA) is 56.1 Å². The third-order valence-corrected chi connectivity index (χ3v) is 4.58. The highest BCUT2D eigenvalue weighted by molar-refractivity contribution is 6.31. The average Bonchev–Trinajstić information content (AvgIpc) is 3.20. The monoisotopic (exact) mass is 383 g/mol. The van der Waals surface area contributed by atoms with Crippen molar-refractivity contribution in [1.29, 1.82) is 0 Å². The Morgan fingerprint density at radius 1 is 1.22 bits per heavy atom. The molecule has 0 fully saturated rings. The summed E-state index contributed by atoms with van der Waals surface area (Å²) >= 11 is 6.02. The Kier molecular flexibility index (Phi) is 6.49. The fourth-order valence-electron chi connectivity index (χ4n) is 2.60. The molecule has 0 saturated heterocycles. The number of carbonyl (C=O) groups is 1. The molecule has 3 rings (SSSR count). The van der Waals surface area contributed by atoms with Gasteiger partial charge < -0.3 is 10.1 Å². The molecule has 0 aliphatic heterocycles. The lowest BCUT2D eigenvalue weighted by Gasteiger charge is -2.09. The first-order chi connectivity index (χ1) is 13.1. The second-order valence-corrected chi connectivity index (χ2v) is 6.68. The SMILES string of the molecule is Cc1cc(OCc2ccc(C(=O)NCCCn3cccn3)cc2)ccc1Cl. The summed E-state index contributed by atoms with van der Waals surface area (Å²) in [5.41, 5.74) is 2.62. The van der Waals surface area contributed by atoms with Crippen molar-refractivity contribution in [2.75, 3.05) is 6.54 Å². The van der Waals surface area contributed by atoms with Crippen molar-refractivity contribution >= 4 is 17.5 Å². The number of hydrogen-bond acceptors (Lipinski definition) is 3. The van der Waals surface area contributed by atoms with Gasteiger partial charge in [0.2, 0.25) is 0 Å². The van der Waals surface area contributed by atoms with Gasteiger partial charge in [0.25, 0.3) is 5.91 Å². The van der Waals surface area contributed by atoms with Crippen molar-refractivity contribution in [3.05, 3.63) is 82.6 Å². The maximum Gasteiger partial charge on any atom is 0.251 e. The van der Waals surface area contributed by atoms with Crippen molar-refractivity contribution in [3.63, 3.8) is 0 Å². The molecule has 140 valence electrons. The predicted octanol–water partition coefficient (Wildman–Crippen LogP) is 4.24. The van der Waals surface area contributed by atoms with Crippen LogP contribution in [0.3, 0.4) is 0 Å². The molecule has 6 heteroatoms. The molecule has 0 saturated carbocycles. The second-order valence-electron chi connectivity index (χ2n) is 6.28. The van der Waals surface area contributed by atoms with E-state index in [0.29, 0.717) is 18.7 Å². The van der Waals surface area contributed by atoms with Gasteiger partial charge in [-0.25, -0.2) is 0 Å². The number of carbonyl (C=O) groups excluding carboxylic acids is 1. The summed E-state index contributed by atoms with van der Waals surface area (Å²) in [4.78, 5) is 12.2. The van der Waals surface area contributed by atoms with Crippen LogP contribution < -0.4 is 10.1 Å². The summed E-state index contributed by atoms with van der Waals surface area (Å²) in [5.74, 6) is 0.701. The molecule has 3 aromatic rings. The molecule has 0 unspecified atom stereocenters. The highest BCUT2D eigenvalue weighted by Crippen LogP contribution is 2.21. The second kappa shape index (κ2) is 9.24. The average molecular weight is 384 g/mol. The molecule has 1 N–H and O–H groups in total. The Bertz CT molecular complexity index is 877. The van der Waals surface area contributed by atoms with E-state index in [1.807, 2.05) is 66.3 Å². The van der Waals surface area contributed by atoms with E-state index in [1.165, 1.54) is 0 Å². The number of halogens is 1. The maximum absolute atomic E-state index is 12.2. The first-order valence-electron chi connectivity index (χ1n) is 8.85. The Morgan fingerprint density at radius 2 is 2.04 bits per heavy atom. The van der Waals surface area contributed by atoms with Crippen LogP contribution in [0.15, 0.2) is 60.9 Å². The van der Waals surface area contributed by atoms with E-state index in [1.54, 1.807) is 6.20 Å². The van der Waals surface area contributed by atoms with Crippen LogP contribution in [-0.4, -0.2) is 22.2 Å². The zero-order valence-electron chi connectivity index (χ0n) is 15.2. The predicted molar refractivity (Wildman–Crippen MR) is 106 cm³/mol. The van der Waals surface area contributed by atoms with E-state index in [0.717, 1.165) is 34.9 Å². The summed E-state index contributed by atoms with van der Waals surface area (Å²) in [6.07, 6.45) is 4.49. The largest absolute Gasteiger partial charge is 0.489 e. The number of aryl methyl sites for hydroxylation is 2. The van der Waals surface area contributed by atoms with Gasteiger partial charge in [-0.2, -0.15) is 5.10 Å². The van der Waals surface area contributed by atoms with Gasteiger partial charge in [0.05, 0.1) is 0 Å². The summed E-state index contributed by atoms with van der Waals surface area (Å²) in [7, 11) is 0. The van der Waals surface area contributed by atoms with Crippen molar-refractivity contribution < 1.29 is 9.53 Å². The van der Waals surface area contributed by atoms with Gasteiger partial charge >= 0.3 is 0 Å². The molecule has 0 radical (unpaired) electrons. The smallest absolute Gasteiger partial charge is 0.251 e. The molecule has 27 heavy (non-hydrogen) atoms. The van der Waals surface area contributed by atoms with Gasteiger partial charge in [0, 0.05) is 36.1 Å². The minimum absolute atomic E-state index is 0.0729. The van der Waals surface area contributed by atoms with Crippen LogP contribution in [0.4, 0.5) is 0 Å². The van der Waals surface area contributed by atoms with Gasteiger partial charge in [0.1, 0.15) is 12.4 Å². The van der Waals surface area contributed by atoms with Crippen LogP contribution in [0.2, 0.25) is 5.02 Å². The zero-order valence-corrected chi connectivity index (χ0v) is 15.9. The Labute approximate surface area is 163 Å². The molecule has 0 aliphatic carbocycles. The molecule has 0 atom stereocenters. The van der Waals surface area contributed by atoms with Crippen molar-refractivity contribution in [2.45, 2.75) is 26.5 Å². The van der Waals surface area contributed by atoms with Crippen LogP contribution in [-0.2, 0) is 13.2 Å². The lowest BCUT2D eigenvalue weighted by molar-refractivity contribution is 0.0952. The quantitative estimate of drug-likeness (QED) is 0.592. The lowest BCUT2D eigenvalue weighted by Crippen LogP contribution is -2.25. The van der Waals surface area contributed by atoms with Gasteiger partial charge in [0.15, 0.2) is 0 Å². The summed E-state index contributed by atoms with van der Waals surface area (Å²) < 4.78 is 7.63. The van der Waals surface area contributed by atoms with E-state index < -0.39 is 0 Å². The van der Waals surface area contributed by atoms with Crippen LogP contribution >= 0.6 is 11.6 Å². The first-order valence-corrected chi connectivity index (χ1v) is 9.23. The maximum atomic E-state index is 12.2. The van der Waals surface area contributed by atoms with E-state index in [2.05, 4.69) is 10.4 Å². The Morgan fingerprint density at radius 3 is 2.74 bits per heavy atom. The van der Waals surface area contributed by atoms with E-state index in [9.17, 15) is 4.79 Å². The Balaban J connectivity index is 1.44. The molecular weight excluding hydrogens is 362 g/mol. The molecule has 1 aromatic heterocycles. The van der Waals surface area contributed by atoms with E-state index in [-0.39, 0.29) is 5.91 Å². The van der Waals surface area contributed by atoms with Crippen molar-refractivity contribution in [1.82, 2.24) is 15.1 Å². The molecule has 0 spiro atoms. The minimum atomic E-state index is -0.0729. The van der Waals surface area contributed by atoms with Crippen molar-refractivity contribution in [3.8, 4) is 5.75 Å². The normalized spacial score (nSPS) is 10.6. The number of benzene rings is 2. The fraction of sp³-hybridized carbons (Fsp3) is 0.238. The number of aromatic nitrogens is 2. The Hall–Kier alpha value is -2.79. The molecular formula is C21H22ClN3O2. The molecule has 1 heterocycles. The number of nitrogens with zero attached hydrogens (tertiary/aromatic N) is 2. The van der Waals surface area contributed by atoms with Gasteiger partial charge in [-0.05, 0) is 60.9 Å². The van der Waals surface area contributed by atoms with Gasteiger partial charge in [-0.3, -0.25) is 9.48 Å². The fourth-order valence-corrected chi connectivity index (χ4v) is 2.72. The first kappa shape index (κ1) is 19.0. The van der Waals surface area contributed by atoms with Crippen molar-refractivity contribution in [2.24, 2.45) is 0 Å². The van der Waals surface area contributed by atoms with Crippen LogP contribution in [0.1, 0.15) is 27.9 Å². The number of nitrogens with one attached hydrogen (secondary N) is 1. The number of amides is 1. The van der Waals surface area contributed by atoms with Gasteiger partial charge in [-0.1, -0.05) is 23.7 Å². The molecule has 0 bridgehead atoms. The third-order valence-electron chi connectivity index (χ3n) is 4.16. The summed E-state index contributed by atoms with van der Waals surface area (Å²) in [5, 5.41) is 7.79. The number of rotatable bonds is 8. The summed E-state index contributed by atoms with van der Waals surface area (Å²) in [6, 6.07) is 14.9. The summed E-state index contributed by atoms with van der Waals surface area (Å²) in [6.45, 7) is 3.78. The zero-order chi connectivity index (χ0) is 19.1. The van der Waals surface area contributed by atoms with Crippen LogP contribution in [0.25, 0.3) is 0 Å². The molecule has 2 aromatic carbocycles. The minimum Gasteiger partial charge on any atom is -0.489 e. The number of ether oxygens (including phenoxy) is 1. The standard InChI is InChI=1S/C21H22ClN3O2/c1-16-14-19(8-9-20(16)22)27-15-17-4-6-18(7-5-17)21(26)23-10-2-12-25-13-3-11-24-25/h3-9,11,13-14H,2,10,12,15H2,1H3,(H,23,26). The highest BCUT2D eigenvalue weighted by atomic mass is 35.5. The van der Waals surface area contributed by atoms with E-state index >= 15 is 0 Å². The van der Waals surface area contributed by atoms with E-state index in [4.69, 9.17) is 16.3 Å². The van der Waals surface area contributed by atoms with Crippen LogP contribution in [0.5, 0.6) is 5.75 Å². The molecule has 1 amide bonds. The third kappa shape index (κ3) is 5.59. The van der Waals surface area contributed by atoms with Gasteiger partial charge in [-0.15, -0.1) is 0 Å². The molecule has 5 nitrogen and oxygen atoms in total. The highest BCUT2D eigenvalue weighted by Gasteiger charge is 2.05. The molecule has 0 aliphatic rings. The van der Waals surface area contributed by atoms with Crippen LogP contribution in [0, 0.1) is 6.92 Å².